The lowest BCUT2D eigenvalue weighted by Gasteiger charge is -2.19. The Bertz CT molecular complexity index is 659. The number of allylic oxidation sites excluding steroid dienone is 2. The van der Waals surface area contributed by atoms with Crippen LogP contribution in [0.2, 0.25) is 0 Å². The molecule has 0 fully saturated rings. The Labute approximate surface area is 230 Å². The zero-order valence-corrected chi connectivity index (χ0v) is 24.8. The summed E-state index contributed by atoms with van der Waals surface area (Å²) in [4.78, 5) is 34.1. The molecule has 2 atom stereocenters. The standard InChI is InChI=1S/C28H54NO8P/c1-3-5-7-9-10-11-12-13-14-15-17-19-21-28(31)37-26(25-36-38(32,33)35-23-22-29)24-34-27(30)20-18-16-8-6-4-2/h10-11,26H,3-9,12-25,29H2,1-2H3,(H,32,33)/b11-10-. The highest BCUT2D eigenvalue weighted by Crippen LogP contribution is 2.43. The Morgan fingerprint density at radius 2 is 1.29 bits per heavy atom. The highest BCUT2D eigenvalue weighted by Gasteiger charge is 2.25. The first-order valence-corrected chi connectivity index (χ1v) is 16.2. The number of carbonyl (C=O) groups excluding carboxylic acids is 2. The second kappa shape index (κ2) is 26.0. The number of esters is 2. The molecule has 0 heterocycles. The maximum absolute atomic E-state index is 12.3. The van der Waals surface area contributed by atoms with Crippen LogP contribution in [0.4, 0.5) is 0 Å². The van der Waals surface area contributed by atoms with Gasteiger partial charge in [-0.15, -0.1) is 0 Å². The average molecular weight is 564 g/mol. The molecule has 0 bridgehead atoms. The minimum atomic E-state index is -4.35. The fourth-order valence-electron chi connectivity index (χ4n) is 3.68. The molecule has 0 aliphatic carbocycles. The summed E-state index contributed by atoms with van der Waals surface area (Å²) in [7, 11) is -4.35. The van der Waals surface area contributed by atoms with E-state index in [1.165, 1.54) is 19.3 Å². The molecule has 0 saturated carbocycles. The van der Waals surface area contributed by atoms with Gasteiger partial charge in [0.15, 0.2) is 6.10 Å². The van der Waals surface area contributed by atoms with Crippen LogP contribution in [0, 0.1) is 0 Å². The fourth-order valence-corrected chi connectivity index (χ4v) is 4.45. The second-order valence-corrected chi connectivity index (χ2v) is 11.1. The Balaban J connectivity index is 4.32. The molecule has 0 amide bonds. The van der Waals surface area contributed by atoms with Gasteiger partial charge < -0.3 is 20.1 Å². The van der Waals surface area contributed by atoms with Crippen LogP contribution in [0.3, 0.4) is 0 Å². The van der Waals surface area contributed by atoms with E-state index in [-0.39, 0.29) is 32.6 Å². The van der Waals surface area contributed by atoms with Crippen molar-refractivity contribution >= 4 is 19.8 Å². The van der Waals surface area contributed by atoms with E-state index in [1.54, 1.807) is 0 Å². The molecule has 3 N–H and O–H groups in total. The van der Waals surface area contributed by atoms with Crippen LogP contribution in [0.15, 0.2) is 12.2 Å². The molecule has 0 rings (SSSR count). The second-order valence-electron chi connectivity index (χ2n) is 9.62. The minimum Gasteiger partial charge on any atom is -0.462 e. The molecule has 0 spiro atoms. The van der Waals surface area contributed by atoms with Crippen molar-refractivity contribution in [3.63, 3.8) is 0 Å². The number of carbonyl (C=O) groups is 2. The zero-order valence-electron chi connectivity index (χ0n) is 23.9. The molecule has 0 aromatic rings. The number of hydrogen-bond acceptors (Lipinski definition) is 8. The summed E-state index contributed by atoms with van der Waals surface area (Å²) in [5.74, 6) is -0.857. The first kappa shape index (κ1) is 36.8. The predicted molar refractivity (Wildman–Crippen MR) is 151 cm³/mol. The van der Waals surface area contributed by atoms with Crippen LogP contribution in [0.25, 0.3) is 0 Å². The maximum Gasteiger partial charge on any atom is 0.472 e. The largest absolute Gasteiger partial charge is 0.472 e. The minimum absolute atomic E-state index is 0.0535. The predicted octanol–water partition coefficient (Wildman–Crippen LogP) is 6.76. The van der Waals surface area contributed by atoms with Crippen LogP contribution in [-0.2, 0) is 32.7 Å². The summed E-state index contributed by atoms with van der Waals surface area (Å²) in [6.45, 7) is 3.56. The highest BCUT2D eigenvalue weighted by atomic mass is 31.2. The van der Waals surface area contributed by atoms with Gasteiger partial charge in [-0.3, -0.25) is 18.6 Å². The smallest absolute Gasteiger partial charge is 0.462 e. The number of ether oxygens (including phenoxy) is 2. The summed E-state index contributed by atoms with van der Waals surface area (Å²) in [5.41, 5.74) is 5.28. The van der Waals surface area contributed by atoms with E-state index in [2.05, 4.69) is 26.0 Å². The van der Waals surface area contributed by atoms with Crippen molar-refractivity contribution in [2.45, 2.75) is 129 Å². The topological polar surface area (TPSA) is 134 Å². The van der Waals surface area contributed by atoms with Crippen molar-refractivity contribution in [1.29, 1.82) is 0 Å². The van der Waals surface area contributed by atoms with Crippen LogP contribution in [0.5, 0.6) is 0 Å². The molecule has 0 aromatic heterocycles. The Hall–Kier alpha value is -1.25. The molecule has 10 heteroatoms. The number of phosphoric ester groups is 1. The van der Waals surface area contributed by atoms with Crippen molar-refractivity contribution in [1.82, 2.24) is 0 Å². The molecular weight excluding hydrogens is 509 g/mol. The van der Waals surface area contributed by atoms with Gasteiger partial charge in [0.05, 0.1) is 13.2 Å². The van der Waals surface area contributed by atoms with Gasteiger partial charge in [0.1, 0.15) is 6.61 Å². The van der Waals surface area contributed by atoms with Gasteiger partial charge in [-0.25, -0.2) is 4.57 Å². The molecule has 0 aliphatic rings. The lowest BCUT2D eigenvalue weighted by molar-refractivity contribution is -0.161. The summed E-state index contributed by atoms with van der Waals surface area (Å²) >= 11 is 0. The van der Waals surface area contributed by atoms with Crippen LogP contribution in [0.1, 0.15) is 123 Å². The molecule has 0 radical (unpaired) electrons. The van der Waals surface area contributed by atoms with Crippen molar-refractivity contribution in [3.05, 3.63) is 12.2 Å². The molecule has 224 valence electrons. The van der Waals surface area contributed by atoms with Crippen molar-refractivity contribution in [3.8, 4) is 0 Å². The van der Waals surface area contributed by atoms with Crippen LogP contribution in [-0.4, -0.2) is 49.3 Å². The van der Waals surface area contributed by atoms with Gasteiger partial charge in [-0.05, 0) is 38.5 Å². The molecular formula is C28H54NO8P. The Morgan fingerprint density at radius 3 is 1.92 bits per heavy atom. The molecule has 9 nitrogen and oxygen atoms in total. The molecule has 0 aliphatic heterocycles. The molecule has 0 aromatic carbocycles. The van der Waals surface area contributed by atoms with Gasteiger partial charge in [0.25, 0.3) is 0 Å². The number of nitrogens with two attached hydrogens (primary N) is 1. The first-order valence-electron chi connectivity index (χ1n) is 14.7. The number of unbranched alkanes of at least 4 members (excludes halogenated alkanes) is 12. The first-order chi connectivity index (χ1) is 18.3. The van der Waals surface area contributed by atoms with E-state index in [4.69, 9.17) is 24.3 Å². The molecule has 0 saturated heterocycles. The van der Waals surface area contributed by atoms with Gasteiger partial charge in [0, 0.05) is 19.4 Å². The third-order valence-corrected chi connectivity index (χ3v) is 6.89. The average Bonchev–Trinajstić information content (AvgIpc) is 2.89. The Morgan fingerprint density at radius 1 is 0.763 bits per heavy atom. The summed E-state index contributed by atoms with van der Waals surface area (Å²) in [6.07, 6.45) is 20.0. The zero-order chi connectivity index (χ0) is 28.3. The number of rotatable bonds is 27. The quantitative estimate of drug-likeness (QED) is 0.0481. The highest BCUT2D eigenvalue weighted by molar-refractivity contribution is 7.47. The SMILES string of the molecule is CCCCC/C=C\CCCCCCCC(=O)OC(COC(=O)CCCCCCC)COP(=O)(O)OCCN. The lowest BCUT2D eigenvalue weighted by atomic mass is 10.1. The van der Waals surface area contributed by atoms with E-state index in [1.807, 2.05) is 0 Å². The van der Waals surface area contributed by atoms with E-state index in [0.717, 1.165) is 70.6 Å². The van der Waals surface area contributed by atoms with Gasteiger partial charge in [-0.2, -0.15) is 0 Å². The molecule has 2 unspecified atom stereocenters. The number of hydrogen-bond donors (Lipinski definition) is 2. The van der Waals surface area contributed by atoms with Crippen molar-refractivity contribution < 1.29 is 37.6 Å². The monoisotopic (exact) mass is 563 g/mol. The van der Waals surface area contributed by atoms with Crippen molar-refractivity contribution in [2.24, 2.45) is 5.73 Å². The third kappa shape index (κ3) is 25.1. The van der Waals surface area contributed by atoms with Crippen LogP contribution < -0.4 is 5.73 Å². The van der Waals surface area contributed by atoms with Gasteiger partial charge in [-0.1, -0.05) is 83.8 Å². The van der Waals surface area contributed by atoms with E-state index >= 15 is 0 Å². The summed E-state index contributed by atoms with van der Waals surface area (Å²) < 4.78 is 32.2. The van der Waals surface area contributed by atoms with Crippen LogP contribution >= 0.6 is 7.82 Å². The fraction of sp³-hybridized carbons (Fsp3) is 0.857. The van der Waals surface area contributed by atoms with E-state index in [0.29, 0.717) is 6.42 Å². The van der Waals surface area contributed by atoms with Gasteiger partial charge >= 0.3 is 19.8 Å². The lowest BCUT2D eigenvalue weighted by Crippen LogP contribution is -2.29. The van der Waals surface area contributed by atoms with Crippen molar-refractivity contribution in [2.75, 3.05) is 26.4 Å². The maximum atomic E-state index is 12.3. The molecule has 38 heavy (non-hydrogen) atoms. The Kier molecular flexibility index (Phi) is 25.1. The summed E-state index contributed by atoms with van der Waals surface area (Å²) in [5, 5.41) is 0. The van der Waals surface area contributed by atoms with E-state index in [9.17, 15) is 19.0 Å². The summed E-state index contributed by atoms with van der Waals surface area (Å²) in [6, 6.07) is 0. The van der Waals surface area contributed by atoms with Gasteiger partial charge in [0.2, 0.25) is 0 Å². The number of phosphoric acid groups is 1. The normalized spacial score (nSPS) is 13.9. The third-order valence-electron chi connectivity index (χ3n) is 5.90. The van der Waals surface area contributed by atoms with E-state index < -0.39 is 32.5 Å².